The Balaban J connectivity index is 2.85. The molecule has 0 aromatic heterocycles. The van der Waals surface area contributed by atoms with Crippen molar-refractivity contribution in [2.24, 2.45) is 0 Å². The summed E-state index contributed by atoms with van der Waals surface area (Å²) in [6.45, 7) is 2.15. The molecule has 3 N–H and O–H groups in total. The maximum absolute atomic E-state index is 11.8. The van der Waals surface area contributed by atoms with Crippen LogP contribution >= 0.6 is 11.8 Å². The van der Waals surface area contributed by atoms with Crippen molar-refractivity contribution in [1.29, 1.82) is 0 Å². The zero-order valence-corrected chi connectivity index (χ0v) is 12.9. The number of hydrogen-bond acceptors (Lipinski definition) is 4. The third kappa shape index (κ3) is 4.35. The third-order valence-corrected chi connectivity index (χ3v) is 3.66. The molecule has 1 rings (SSSR count). The largest absolute Gasteiger partial charge is 0.397 e. The lowest BCUT2D eigenvalue weighted by molar-refractivity contribution is 0.0827. The van der Waals surface area contributed by atoms with Gasteiger partial charge in [0, 0.05) is 31.5 Å². The molecule has 4 nitrogen and oxygen atoms in total. The van der Waals surface area contributed by atoms with E-state index in [-0.39, 0.29) is 5.91 Å². The predicted molar refractivity (Wildman–Crippen MR) is 85.0 cm³/mol. The van der Waals surface area contributed by atoms with Gasteiger partial charge in [0.2, 0.25) is 0 Å². The molecule has 1 aromatic carbocycles. The summed E-state index contributed by atoms with van der Waals surface area (Å²) in [7, 11) is 3.46. The number of anilines is 2. The van der Waals surface area contributed by atoms with Crippen LogP contribution in [0.4, 0.5) is 11.4 Å². The molecule has 106 valence electrons. The van der Waals surface area contributed by atoms with Gasteiger partial charge in [-0.1, -0.05) is 6.92 Å². The van der Waals surface area contributed by atoms with Crippen LogP contribution in [0.2, 0.25) is 0 Å². The molecule has 1 aromatic rings. The number of rotatable bonds is 6. The fraction of sp³-hybridized carbons (Fsp3) is 0.500. The molecule has 0 spiro atoms. The van der Waals surface area contributed by atoms with Gasteiger partial charge in [0.25, 0.3) is 5.91 Å². The highest BCUT2D eigenvalue weighted by atomic mass is 32.2. The quantitative estimate of drug-likeness (QED) is 0.787. The maximum atomic E-state index is 11.8. The number of nitrogens with zero attached hydrogens (tertiary/aromatic N) is 1. The van der Waals surface area contributed by atoms with E-state index in [0.717, 1.165) is 17.9 Å². The summed E-state index contributed by atoms with van der Waals surface area (Å²) in [5, 5.41) is 3.42. The van der Waals surface area contributed by atoms with Gasteiger partial charge in [-0.05, 0) is 30.9 Å². The van der Waals surface area contributed by atoms with E-state index < -0.39 is 0 Å². The summed E-state index contributed by atoms with van der Waals surface area (Å²) in [4.78, 5) is 13.4. The Bertz CT molecular complexity index is 435. The van der Waals surface area contributed by atoms with Crippen LogP contribution in [0.3, 0.4) is 0 Å². The van der Waals surface area contributed by atoms with Gasteiger partial charge in [-0.25, -0.2) is 0 Å². The number of benzene rings is 1. The van der Waals surface area contributed by atoms with E-state index >= 15 is 0 Å². The van der Waals surface area contributed by atoms with E-state index in [1.807, 2.05) is 23.9 Å². The van der Waals surface area contributed by atoms with E-state index in [0.29, 0.717) is 17.3 Å². The molecule has 0 heterocycles. The van der Waals surface area contributed by atoms with Crippen molar-refractivity contribution in [1.82, 2.24) is 4.90 Å². The minimum Gasteiger partial charge on any atom is -0.397 e. The Morgan fingerprint density at radius 3 is 2.63 bits per heavy atom. The molecule has 0 fully saturated rings. The van der Waals surface area contributed by atoms with Crippen molar-refractivity contribution in [3.63, 3.8) is 0 Å². The lowest BCUT2D eigenvalue weighted by Gasteiger charge is -2.19. The lowest BCUT2D eigenvalue weighted by atomic mass is 10.1. The van der Waals surface area contributed by atoms with Crippen LogP contribution in [-0.4, -0.2) is 43.0 Å². The Labute approximate surface area is 119 Å². The summed E-state index contributed by atoms with van der Waals surface area (Å²) in [6.07, 6.45) is 3.13. The molecular formula is C14H23N3OS. The van der Waals surface area contributed by atoms with Gasteiger partial charge >= 0.3 is 0 Å². The fourth-order valence-corrected chi connectivity index (χ4v) is 2.49. The smallest absolute Gasteiger partial charge is 0.253 e. The molecular weight excluding hydrogens is 258 g/mol. The molecule has 0 aliphatic carbocycles. The summed E-state index contributed by atoms with van der Waals surface area (Å²) >= 11 is 1.81. The minimum absolute atomic E-state index is 0.0330. The number of hydrogen-bond donors (Lipinski definition) is 2. The van der Waals surface area contributed by atoms with E-state index in [1.54, 1.807) is 25.1 Å². The monoisotopic (exact) mass is 281 g/mol. The number of carbonyl (C=O) groups is 1. The van der Waals surface area contributed by atoms with Crippen molar-refractivity contribution in [3.05, 3.63) is 23.8 Å². The highest BCUT2D eigenvalue weighted by molar-refractivity contribution is 7.98. The van der Waals surface area contributed by atoms with Crippen LogP contribution < -0.4 is 11.1 Å². The summed E-state index contributed by atoms with van der Waals surface area (Å²) in [6, 6.07) is 5.82. The van der Waals surface area contributed by atoms with Gasteiger partial charge in [0.15, 0.2) is 0 Å². The predicted octanol–water partition coefficient (Wildman–Crippen LogP) is 2.52. The highest BCUT2D eigenvalue weighted by Gasteiger charge is 2.12. The molecule has 0 saturated carbocycles. The van der Waals surface area contributed by atoms with E-state index in [4.69, 9.17) is 5.73 Å². The first-order valence-electron chi connectivity index (χ1n) is 6.36. The second kappa shape index (κ2) is 7.28. The molecule has 1 atom stereocenters. The fourth-order valence-electron chi connectivity index (χ4n) is 1.77. The van der Waals surface area contributed by atoms with Gasteiger partial charge in [0.05, 0.1) is 11.4 Å². The molecule has 5 heteroatoms. The maximum Gasteiger partial charge on any atom is 0.253 e. The van der Waals surface area contributed by atoms with Gasteiger partial charge in [0.1, 0.15) is 0 Å². The molecule has 0 radical (unpaired) electrons. The first-order valence-corrected chi connectivity index (χ1v) is 7.75. The highest BCUT2D eigenvalue weighted by Crippen LogP contribution is 2.22. The Morgan fingerprint density at radius 1 is 1.47 bits per heavy atom. The minimum atomic E-state index is -0.0330. The van der Waals surface area contributed by atoms with Crippen LogP contribution in [0.5, 0.6) is 0 Å². The van der Waals surface area contributed by atoms with Crippen LogP contribution in [0.1, 0.15) is 23.7 Å². The van der Waals surface area contributed by atoms with Crippen LogP contribution in [0.15, 0.2) is 18.2 Å². The van der Waals surface area contributed by atoms with Crippen molar-refractivity contribution in [2.45, 2.75) is 19.4 Å². The standard InChI is InChI=1S/C14H23N3OS/c1-5-11(9-19-4)16-13-7-6-10(8-12(13)15)14(18)17(2)3/h6-8,11,16H,5,9,15H2,1-4H3. The molecule has 1 unspecified atom stereocenters. The van der Waals surface area contributed by atoms with Crippen molar-refractivity contribution in [2.75, 3.05) is 37.2 Å². The van der Waals surface area contributed by atoms with Crippen LogP contribution in [0, 0.1) is 0 Å². The summed E-state index contributed by atoms with van der Waals surface area (Å²) in [5.41, 5.74) is 8.15. The van der Waals surface area contributed by atoms with Crippen molar-refractivity contribution >= 4 is 29.0 Å². The third-order valence-electron chi connectivity index (χ3n) is 2.92. The Kier molecular flexibility index (Phi) is 6.02. The SMILES string of the molecule is CCC(CSC)Nc1ccc(C(=O)N(C)C)cc1N. The van der Waals surface area contributed by atoms with Crippen LogP contribution in [0.25, 0.3) is 0 Å². The van der Waals surface area contributed by atoms with Gasteiger partial charge in [-0.2, -0.15) is 11.8 Å². The van der Waals surface area contributed by atoms with Gasteiger partial charge in [-0.15, -0.1) is 0 Å². The number of nitrogen functional groups attached to an aromatic ring is 1. The van der Waals surface area contributed by atoms with Gasteiger partial charge < -0.3 is 16.0 Å². The second-order valence-electron chi connectivity index (χ2n) is 4.71. The number of nitrogens with one attached hydrogen (secondary N) is 1. The summed E-state index contributed by atoms with van der Waals surface area (Å²) < 4.78 is 0. The average molecular weight is 281 g/mol. The topological polar surface area (TPSA) is 58.4 Å². The van der Waals surface area contributed by atoms with Gasteiger partial charge in [-0.3, -0.25) is 4.79 Å². The lowest BCUT2D eigenvalue weighted by Crippen LogP contribution is -2.23. The first kappa shape index (κ1) is 15.7. The number of carbonyl (C=O) groups excluding carboxylic acids is 1. The van der Waals surface area contributed by atoms with E-state index in [9.17, 15) is 4.79 Å². The van der Waals surface area contributed by atoms with Crippen LogP contribution in [-0.2, 0) is 0 Å². The summed E-state index contributed by atoms with van der Waals surface area (Å²) in [5.74, 6) is 1.00. The molecule has 0 saturated heterocycles. The molecule has 19 heavy (non-hydrogen) atoms. The Hall–Kier alpha value is -1.36. The molecule has 0 aliphatic heterocycles. The second-order valence-corrected chi connectivity index (χ2v) is 5.62. The zero-order valence-electron chi connectivity index (χ0n) is 12.1. The zero-order chi connectivity index (χ0) is 14.4. The Morgan fingerprint density at radius 2 is 2.16 bits per heavy atom. The molecule has 0 aliphatic rings. The van der Waals surface area contributed by atoms with Crippen molar-refractivity contribution < 1.29 is 4.79 Å². The average Bonchev–Trinajstić information content (AvgIpc) is 2.39. The number of amides is 1. The van der Waals surface area contributed by atoms with E-state index in [1.165, 1.54) is 0 Å². The molecule has 1 amide bonds. The van der Waals surface area contributed by atoms with E-state index in [2.05, 4.69) is 18.5 Å². The van der Waals surface area contributed by atoms with Crippen molar-refractivity contribution in [3.8, 4) is 0 Å². The number of nitrogens with two attached hydrogens (primary N) is 1. The molecule has 0 bridgehead atoms. The first-order chi connectivity index (χ1) is 8.99. The normalized spacial score (nSPS) is 12.0. The number of thioether (sulfide) groups is 1.